The molecule has 1 aromatic heterocycles. The Kier molecular flexibility index (Phi) is 5.34. The van der Waals surface area contributed by atoms with Gasteiger partial charge in [0.25, 0.3) is 0 Å². The minimum Gasteiger partial charge on any atom is -0.497 e. The van der Waals surface area contributed by atoms with Gasteiger partial charge in [-0.15, -0.1) is 0 Å². The van der Waals surface area contributed by atoms with E-state index in [4.69, 9.17) is 10.00 Å². The largest absolute Gasteiger partial charge is 0.497 e. The zero-order valence-corrected chi connectivity index (χ0v) is 13.1. The summed E-state index contributed by atoms with van der Waals surface area (Å²) in [6.07, 6.45) is 1.57. The lowest BCUT2D eigenvalue weighted by Gasteiger charge is -2.25. The standard InChI is InChI=1S/C17H20N4O/c1-21(2)16(14-5-7-15(22-3)8-6-14)12-20-17-9-4-13(10-18)11-19-17/h4-9,11,16H,12H2,1-3H3,(H,19,20)/t16-/m1/s1. The minimum atomic E-state index is 0.211. The molecule has 1 aromatic carbocycles. The number of pyridine rings is 1. The van der Waals surface area contributed by atoms with Crippen molar-refractivity contribution in [3.05, 3.63) is 53.7 Å². The van der Waals surface area contributed by atoms with E-state index >= 15 is 0 Å². The maximum absolute atomic E-state index is 8.78. The van der Waals surface area contributed by atoms with Gasteiger partial charge in [0.1, 0.15) is 17.6 Å². The molecular formula is C17H20N4O. The van der Waals surface area contributed by atoms with Gasteiger partial charge in [0.15, 0.2) is 0 Å². The lowest BCUT2D eigenvalue weighted by atomic mass is 10.1. The van der Waals surface area contributed by atoms with Crippen LogP contribution < -0.4 is 10.1 Å². The smallest absolute Gasteiger partial charge is 0.126 e. The second kappa shape index (κ2) is 7.43. The van der Waals surface area contributed by atoms with Gasteiger partial charge < -0.3 is 15.0 Å². The van der Waals surface area contributed by atoms with Gasteiger partial charge in [-0.3, -0.25) is 0 Å². The molecule has 2 aromatic rings. The number of benzene rings is 1. The zero-order valence-electron chi connectivity index (χ0n) is 13.1. The van der Waals surface area contributed by atoms with Crippen molar-refractivity contribution in [1.82, 2.24) is 9.88 Å². The number of hydrogen-bond donors (Lipinski definition) is 1. The van der Waals surface area contributed by atoms with Gasteiger partial charge in [-0.25, -0.2) is 4.98 Å². The monoisotopic (exact) mass is 296 g/mol. The predicted octanol–water partition coefficient (Wildman–Crippen LogP) is 2.68. The van der Waals surface area contributed by atoms with Crippen LogP contribution in [0.2, 0.25) is 0 Å². The molecule has 5 heteroatoms. The van der Waals surface area contributed by atoms with Gasteiger partial charge in [-0.1, -0.05) is 12.1 Å². The molecule has 0 fully saturated rings. The van der Waals surface area contributed by atoms with Crippen molar-refractivity contribution < 1.29 is 4.74 Å². The van der Waals surface area contributed by atoms with E-state index < -0.39 is 0 Å². The highest BCUT2D eigenvalue weighted by atomic mass is 16.5. The molecular weight excluding hydrogens is 276 g/mol. The maximum atomic E-state index is 8.78. The highest BCUT2D eigenvalue weighted by Crippen LogP contribution is 2.21. The molecule has 0 saturated heterocycles. The zero-order chi connectivity index (χ0) is 15.9. The van der Waals surface area contributed by atoms with Gasteiger partial charge in [-0.05, 0) is 43.9 Å². The van der Waals surface area contributed by atoms with Gasteiger partial charge in [-0.2, -0.15) is 5.26 Å². The molecule has 1 atom stereocenters. The Morgan fingerprint density at radius 2 is 1.95 bits per heavy atom. The highest BCUT2D eigenvalue weighted by molar-refractivity contribution is 5.39. The summed E-state index contributed by atoms with van der Waals surface area (Å²) in [7, 11) is 5.75. The van der Waals surface area contributed by atoms with Crippen LogP contribution >= 0.6 is 0 Å². The van der Waals surface area contributed by atoms with Crippen LogP contribution in [0.3, 0.4) is 0 Å². The molecule has 0 aliphatic rings. The Morgan fingerprint density at radius 3 is 2.45 bits per heavy atom. The molecule has 5 nitrogen and oxygen atoms in total. The third-order valence-corrected chi connectivity index (χ3v) is 3.49. The average molecular weight is 296 g/mol. The number of ether oxygens (including phenoxy) is 1. The summed E-state index contributed by atoms with van der Waals surface area (Å²) >= 11 is 0. The van der Waals surface area contributed by atoms with Gasteiger partial charge in [0, 0.05) is 12.7 Å². The Hall–Kier alpha value is -2.58. The highest BCUT2D eigenvalue weighted by Gasteiger charge is 2.14. The molecule has 0 spiro atoms. The Balaban J connectivity index is 2.06. The summed E-state index contributed by atoms with van der Waals surface area (Å²) < 4.78 is 5.19. The average Bonchev–Trinajstić information content (AvgIpc) is 2.56. The second-order valence-electron chi connectivity index (χ2n) is 5.18. The normalized spacial score (nSPS) is 11.8. The van der Waals surface area contributed by atoms with Crippen molar-refractivity contribution in [2.75, 3.05) is 33.1 Å². The van der Waals surface area contributed by atoms with Crippen LogP contribution in [-0.2, 0) is 0 Å². The number of hydrogen-bond acceptors (Lipinski definition) is 5. The SMILES string of the molecule is COc1ccc([C@@H](CNc2ccc(C#N)cn2)N(C)C)cc1. The molecule has 0 aliphatic heterocycles. The van der Waals surface area contributed by atoms with E-state index in [1.54, 1.807) is 19.4 Å². The van der Waals surface area contributed by atoms with E-state index in [1.165, 1.54) is 5.56 Å². The number of nitrogens with one attached hydrogen (secondary N) is 1. The number of rotatable bonds is 6. The van der Waals surface area contributed by atoms with Crippen LogP contribution in [0.1, 0.15) is 17.2 Å². The molecule has 0 saturated carbocycles. The van der Waals surface area contributed by atoms with Crippen molar-refractivity contribution >= 4 is 5.82 Å². The molecule has 22 heavy (non-hydrogen) atoms. The van der Waals surface area contributed by atoms with Crippen LogP contribution in [0.5, 0.6) is 5.75 Å². The molecule has 2 rings (SSSR count). The first kappa shape index (κ1) is 15.8. The predicted molar refractivity (Wildman–Crippen MR) is 86.9 cm³/mol. The molecule has 1 heterocycles. The summed E-state index contributed by atoms with van der Waals surface area (Å²) in [6, 6.07) is 13.9. The quantitative estimate of drug-likeness (QED) is 0.888. The Bertz CT molecular complexity index is 629. The summed E-state index contributed by atoms with van der Waals surface area (Å²) in [5.74, 6) is 1.61. The minimum absolute atomic E-state index is 0.211. The second-order valence-corrected chi connectivity index (χ2v) is 5.18. The summed E-state index contributed by atoms with van der Waals surface area (Å²) in [5, 5.41) is 12.1. The lowest BCUT2D eigenvalue weighted by molar-refractivity contribution is 0.311. The fourth-order valence-corrected chi connectivity index (χ4v) is 2.19. The summed E-state index contributed by atoms with van der Waals surface area (Å²) in [5.41, 5.74) is 1.76. The van der Waals surface area contributed by atoms with Crippen molar-refractivity contribution in [2.24, 2.45) is 0 Å². The van der Waals surface area contributed by atoms with Crippen molar-refractivity contribution in [3.63, 3.8) is 0 Å². The fraction of sp³-hybridized carbons (Fsp3) is 0.294. The number of nitriles is 1. The van der Waals surface area contributed by atoms with Gasteiger partial charge in [0.05, 0.1) is 18.7 Å². The lowest BCUT2D eigenvalue weighted by Crippen LogP contribution is -2.27. The van der Waals surface area contributed by atoms with E-state index in [0.717, 1.165) is 18.1 Å². The topological polar surface area (TPSA) is 61.2 Å². The maximum Gasteiger partial charge on any atom is 0.126 e. The number of anilines is 1. The molecule has 0 unspecified atom stereocenters. The van der Waals surface area contributed by atoms with E-state index in [0.29, 0.717) is 5.56 Å². The first-order chi connectivity index (χ1) is 10.6. The first-order valence-corrected chi connectivity index (χ1v) is 7.04. The van der Waals surface area contributed by atoms with Crippen LogP contribution in [0.25, 0.3) is 0 Å². The van der Waals surface area contributed by atoms with Crippen LogP contribution in [0.15, 0.2) is 42.6 Å². The number of nitrogens with zero attached hydrogens (tertiary/aromatic N) is 3. The van der Waals surface area contributed by atoms with Crippen molar-refractivity contribution in [3.8, 4) is 11.8 Å². The summed E-state index contributed by atoms with van der Waals surface area (Å²) in [4.78, 5) is 6.38. The number of aromatic nitrogens is 1. The van der Waals surface area contributed by atoms with Crippen LogP contribution in [-0.4, -0.2) is 37.6 Å². The molecule has 0 radical (unpaired) electrons. The van der Waals surface area contributed by atoms with Gasteiger partial charge >= 0.3 is 0 Å². The molecule has 0 amide bonds. The molecule has 114 valence electrons. The number of likely N-dealkylation sites (N-methyl/N-ethyl adjacent to an activating group) is 1. The molecule has 0 bridgehead atoms. The third-order valence-electron chi connectivity index (χ3n) is 3.49. The Labute approximate surface area is 131 Å². The first-order valence-electron chi connectivity index (χ1n) is 7.04. The van der Waals surface area contributed by atoms with E-state index in [9.17, 15) is 0 Å². The van der Waals surface area contributed by atoms with E-state index in [1.807, 2.05) is 32.3 Å². The summed E-state index contributed by atoms with van der Waals surface area (Å²) in [6.45, 7) is 0.720. The van der Waals surface area contributed by atoms with Crippen molar-refractivity contribution in [2.45, 2.75) is 6.04 Å². The van der Waals surface area contributed by atoms with Gasteiger partial charge in [0.2, 0.25) is 0 Å². The van der Waals surface area contributed by atoms with Crippen molar-refractivity contribution in [1.29, 1.82) is 5.26 Å². The number of methoxy groups -OCH3 is 1. The van der Waals surface area contributed by atoms with E-state index in [2.05, 4.69) is 33.4 Å². The molecule has 1 N–H and O–H groups in total. The Morgan fingerprint density at radius 1 is 1.23 bits per heavy atom. The van der Waals surface area contributed by atoms with E-state index in [-0.39, 0.29) is 6.04 Å². The van der Waals surface area contributed by atoms with Crippen LogP contribution in [0.4, 0.5) is 5.82 Å². The third kappa shape index (κ3) is 3.96. The van der Waals surface area contributed by atoms with Crippen LogP contribution in [0, 0.1) is 11.3 Å². The fourth-order valence-electron chi connectivity index (χ4n) is 2.19. The molecule has 0 aliphatic carbocycles.